The Hall–Kier alpha value is -2.18. The number of amides is 1. The SMILES string of the molecule is Cc1cc([N+](=O)[O-])cnc1NC1CC(=O)N(C2CC2)C1. The molecule has 1 unspecified atom stereocenters. The molecular weight excluding hydrogens is 260 g/mol. The highest BCUT2D eigenvalue weighted by atomic mass is 16.6. The summed E-state index contributed by atoms with van der Waals surface area (Å²) in [5.74, 6) is 0.801. The number of carbonyl (C=O) groups is 1. The molecule has 2 heterocycles. The van der Waals surface area contributed by atoms with Crippen molar-refractivity contribution in [2.75, 3.05) is 11.9 Å². The fourth-order valence-corrected chi connectivity index (χ4v) is 2.57. The number of aryl methyl sites for hydroxylation is 1. The molecule has 1 saturated carbocycles. The lowest BCUT2D eigenvalue weighted by atomic mass is 10.2. The maximum Gasteiger partial charge on any atom is 0.287 e. The number of nitro groups is 1. The van der Waals surface area contributed by atoms with Gasteiger partial charge in [-0.1, -0.05) is 0 Å². The fourth-order valence-electron chi connectivity index (χ4n) is 2.57. The second-order valence-corrected chi connectivity index (χ2v) is 5.44. The van der Waals surface area contributed by atoms with E-state index in [1.807, 2.05) is 4.90 Å². The van der Waals surface area contributed by atoms with Crippen molar-refractivity contribution in [2.24, 2.45) is 0 Å². The molecule has 1 amide bonds. The molecule has 7 heteroatoms. The Morgan fingerprint density at radius 1 is 1.50 bits per heavy atom. The number of hydrogen-bond donors (Lipinski definition) is 1. The Kier molecular flexibility index (Phi) is 3.04. The lowest BCUT2D eigenvalue weighted by Crippen LogP contribution is -2.30. The van der Waals surface area contributed by atoms with Crippen LogP contribution in [-0.4, -0.2) is 39.3 Å². The second kappa shape index (κ2) is 4.73. The third-order valence-electron chi connectivity index (χ3n) is 3.76. The normalized spacial score (nSPS) is 22.1. The van der Waals surface area contributed by atoms with Crippen LogP contribution in [0.25, 0.3) is 0 Å². The molecule has 0 bridgehead atoms. The number of carbonyl (C=O) groups excluding carboxylic acids is 1. The van der Waals surface area contributed by atoms with E-state index in [1.54, 1.807) is 6.92 Å². The largest absolute Gasteiger partial charge is 0.365 e. The molecule has 106 valence electrons. The Bertz CT molecular complexity index is 571. The van der Waals surface area contributed by atoms with Gasteiger partial charge in [0.1, 0.15) is 12.0 Å². The second-order valence-electron chi connectivity index (χ2n) is 5.44. The third kappa shape index (κ3) is 2.43. The highest BCUT2D eigenvalue weighted by Crippen LogP contribution is 2.31. The summed E-state index contributed by atoms with van der Waals surface area (Å²) in [6.45, 7) is 2.47. The van der Waals surface area contributed by atoms with Crippen LogP contribution in [0.15, 0.2) is 12.3 Å². The topological polar surface area (TPSA) is 88.4 Å². The van der Waals surface area contributed by atoms with Gasteiger partial charge in [-0.05, 0) is 25.3 Å². The van der Waals surface area contributed by atoms with Gasteiger partial charge in [-0.2, -0.15) is 0 Å². The van der Waals surface area contributed by atoms with Crippen molar-refractivity contribution in [3.8, 4) is 0 Å². The fraction of sp³-hybridized carbons (Fsp3) is 0.538. The van der Waals surface area contributed by atoms with E-state index >= 15 is 0 Å². The quantitative estimate of drug-likeness (QED) is 0.664. The summed E-state index contributed by atoms with van der Waals surface area (Å²) >= 11 is 0. The number of pyridine rings is 1. The molecule has 0 spiro atoms. The minimum absolute atomic E-state index is 0.0184. The molecule has 3 rings (SSSR count). The van der Waals surface area contributed by atoms with Gasteiger partial charge < -0.3 is 10.2 Å². The van der Waals surface area contributed by atoms with E-state index in [4.69, 9.17) is 0 Å². The van der Waals surface area contributed by atoms with Gasteiger partial charge >= 0.3 is 0 Å². The Labute approximate surface area is 116 Å². The molecule has 1 N–H and O–H groups in total. The van der Waals surface area contributed by atoms with Crippen LogP contribution in [0.4, 0.5) is 11.5 Å². The highest BCUT2D eigenvalue weighted by molar-refractivity contribution is 5.80. The molecule has 7 nitrogen and oxygen atoms in total. The van der Waals surface area contributed by atoms with Crippen LogP contribution in [0.2, 0.25) is 0 Å². The average molecular weight is 276 g/mol. The van der Waals surface area contributed by atoms with E-state index in [0.717, 1.165) is 18.4 Å². The van der Waals surface area contributed by atoms with Crippen LogP contribution in [-0.2, 0) is 4.79 Å². The van der Waals surface area contributed by atoms with E-state index in [2.05, 4.69) is 10.3 Å². The van der Waals surface area contributed by atoms with Crippen LogP contribution in [0.3, 0.4) is 0 Å². The minimum atomic E-state index is -0.461. The van der Waals surface area contributed by atoms with Gasteiger partial charge in [0.2, 0.25) is 5.91 Å². The van der Waals surface area contributed by atoms with Crippen LogP contribution < -0.4 is 5.32 Å². The van der Waals surface area contributed by atoms with Gasteiger partial charge in [0, 0.05) is 25.1 Å². The maximum absolute atomic E-state index is 11.9. The molecule has 0 radical (unpaired) electrons. The first kappa shape index (κ1) is 12.8. The number of aromatic nitrogens is 1. The van der Waals surface area contributed by atoms with Crippen molar-refractivity contribution < 1.29 is 9.72 Å². The third-order valence-corrected chi connectivity index (χ3v) is 3.76. The van der Waals surface area contributed by atoms with Crippen molar-refractivity contribution in [3.05, 3.63) is 27.9 Å². The van der Waals surface area contributed by atoms with Gasteiger partial charge in [0.05, 0.1) is 11.0 Å². The first-order chi connectivity index (χ1) is 9.54. The van der Waals surface area contributed by atoms with Crippen molar-refractivity contribution in [3.63, 3.8) is 0 Å². The van der Waals surface area contributed by atoms with Crippen LogP contribution in [0, 0.1) is 17.0 Å². The summed E-state index contributed by atoms with van der Waals surface area (Å²) in [7, 11) is 0. The van der Waals surface area contributed by atoms with Crippen molar-refractivity contribution in [1.29, 1.82) is 0 Å². The zero-order valence-corrected chi connectivity index (χ0v) is 11.2. The summed E-state index contributed by atoms with van der Waals surface area (Å²) in [6, 6.07) is 1.96. The highest BCUT2D eigenvalue weighted by Gasteiger charge is 2.39. The number of nitrogens with zero attached hydrogens (tertiary/aromatic N) is 3. The lowest BCUT2D eigenvalue weighted by molar-refractivity contribution is -0.385. The molecular formula is C13H16N4O3. The number of hydrogen-bond acceptors (Lipinski definition) is 5. The van der Waals surface area contributed by atoms with Crippen molar-refractivity contribution in [1.82, 2.24) is 9.88 Å². The van der Waals surface area contributed by atoms with Gasteiger partial charge in [0.25, 0.3) is 5.69 Å². The average Bonchev–Trinajstić information content (AvgIpc) is 3.16. The van der Waals surface area contributed by atoms with Gasteiger partial charge in [-0.15, -0.1) is 0 Å². The maximum atomic E-state index is 11.9. The molecule has 0 aromatic carbocycles. The van der Waals surface area contributed by atoms with Gasteiger partial charge in [-0.25, -0.2) is 4.98 Å². The van der Waals surface area contributed by atoms with E-state index in [9.17, 15) is 14.9 Å². The number of likely N-dealkylation sites (tertiary alicyclic amines) is 1. The summed E-state index contributed by atoms with van der Waals surface area (Å²) < 4.78 is 0. The number of nitrogens with one attached hydrogen (secondary N) is 1. The molecule has 2 fully saturated rings. The predicted octanol–water partition coefficient (Wildman–Crippen LogP) is 1.47. The van der Waals surface area contributed by atoms with Gasteiger partial charge in [-0.3, -0.25) is 14.9 Å². The Morgan fingerprint density at radius 2 is 2.25 bits per heavy atom. The number of anilines is 1. The standard InChI is InChI=1S/C13H16N4O3/c1-8-4-11(17(19)20)6-14-13(8)15-9-5-12(18)16(7-9)10-2-3-10/h4,6,9-10H,2-3,5,7H2,1H3,(H,14,15). The summed E-state index contributed by atoms with van der Waals surface area (Å²) in [5.41, 5.74) is 0.701. The van der Waals surface area contributed by atoms with Crippen LogP contribution >= 0.6 is 0 Å². The molecule has 1 aliphatic heterocycles. The number of rotatable bonds is 4. The predicted molar refractivity (Wildman–Crippen MR) is 72.4 cm³/mol. The van der Waals surface area contributed by atoms with Crippen LogP contribution in [0.1, 0.15) is 24.8 Å². The summed E-state index contributed by atoms with van der Waals surface area (Å²) in [4.78, 5) is 28.1. The zero-order valence-electron chi connectivity index (χ0n) is 11.2. The van der Waals surface area contributed by atoms with E-state index in [-0.39, 0.29) is 17.6 Å². The van der Waals surface area contributed by atoms with Crippen LogP contribution in [0.5, 0.6) is 0 Å². The zero-order chi connectivity index (χ0) is 14.3. The molecule has 1 saturated heterocycles. The molecule has 1 atom stereocenters. The van der Waals surface area contributed by atoms with Crippen molar-refractivity contribution >= 4 is 17.4 Å². The van der Waals surface area contributed by atoms with E-state index in [0.29, 0.717) is 24.8 Å². The monoisotopic (exact) mass is 276 g/mol. The minimum Gasteiger partial charge on any atom is -0.365 e. The molecule has 1 aromatic rings. The molecule has 1 aromatic heterocycles. The smallest absolute Gasteiger partial charge is 0.287 e. The summed E-state index contributed by atoms with van der Waals surface area (Å²) in [5, 5.41) is 13.9. The van der Waals surface area contributed by atoms with Crippen molar-refractivity contribution in [2.45, 2.75) is 38.3 Å². The molecule has 1 aliphatic carbocycles. The van der Waals surface area contributed by atoms with Gasteiger partial charge in [0.15, 0.2) is 0 Å². The molecule has 2 aliphatic rings. The molecule has 20 heavy (non-hydrogen) atoms. The first-order valence-corrected chi connectivity index (χ1v) is 6.71. The Morgan fingerprint density at radius 3 is 2.85 bits per heavy atom. The first-order valence-electron chi connectivity index (χ1n) is 6.71. The van der Waals surface area contributed by atoms with E-state index in [1.165, 1.54) is 12.3 Å². The van der Waals surface area contributed by atoms with E-state index < -0.39 is 4.92 Å². The summed E-state index contributed by atoms with van der Waals surface area (Å²) in [6.07, 6.45) is 3.92. The Balaban J connectivity index is 1.69. The lowest BCUT2D eigenvalue weighted by Gasteiger charge is -2.17.